The molecule has 0 amide bonds. The molecule has 0 bridgehead atoms. The lowest BCUT2D eigenvalue weighted by molar-refractivity contribution is -0.249. The Bertz CT molecular complexity index is 882. The predicted octanol–water partition coefficient (Wildman–Crippen LogP) is 2.47. The lowest BCUT2D eigenvalue weighted by Crippen LogP contribution is -2.69. The van der Waals surface area contributed by atoms with Gasteiger partial charge in [-0.1, -0.05) is 6.92 Å². The highest BCUT2D eigenvalue weighted by Crippen LogP contribution is 2.70. The van der Waals surface area contributed by atoms with Gasteiger partial charge in [0.2, 0.25) is 0 Å². The highest BCUT2D eigenvalue weighted by atomic mass is 16.5. The van der Waals surface area contributed by atoms with Gasteiger partial charge >= 0.3 is 11.9 Å². The minimum absolute atomic E-state index is 0.0828. The molecule has 7 nitrogen and oxygen atoms in total. The molecule has 0 saturated heterocycles. The largest absolute Gasteiger partial charge is 0.462 e. The van der Waals surface area contributed by atoms with E-state index in [9.17, 15) is 24.6 Å². The van der Waals surface area contributed by atoms with Gasteiger partial charge in [-0.25, -0.2) is 4.79 Å². The molecule has 5 rings (SSSR count). The van der Waals surface area contributed by atoms with Gasteiger partial charge in [0.25, 0.3) is 0 Å². The molecule has 0 aromatic heterocycles. The monoisotopic (exact) mass is 446 g/mol. The maximum absolute atomic E-state index is 12.7. The average Bonchev–Trinajstić information content (AvgIpc) is 3.27. The van der Waals surface area contributed by atoms with Crippen LogP contribution in [0.1, 0.15) is 71.6 Å². The number of aliphatic hydroxyl groups is 2. The average molecular weight is 447 g/mol. The molecule has 8 atom stereocenters. The highest BCUT2D eigenvalue weighted by molar-refractivity contribution is 5.85. The standard InChI is InChI=1S/C25H34O7/c1-15(27)32-17-3-8-23(14-26)19-4-7-22(2)18(16-11-21(28)31-13-16)6-10-25(22,30)20(19)5-9-24(23,29)12-17/h11,14,17-20,29-30H,3-10,12-13H2,1-2H3/t17-,18+,19+,20-,22-,23+,24+,25+/m1/s1. The van der Waals surface area contributed by atoms with Crippen molar-refractivity contribution in [2.75, 3.05) is 6.61 Å². The number of cyclic esters (lactones) is 1. The fourth-order valence-electron chi connectivity index (χ4n) is 8.65. The first-order chi connectivity index (χ1) is 15.1. The van der Waals surface area contributed by atoms with E-state index in [1.54, 1.807) is 6.08 Å². The van der Waals surface area contributed by atoms with Crippen LogP contribution in [-0.2, 0) is 23.9 Å². The fraction of sp³-hybridized carbons (Fsp3) is 0.800. The van der Waals surface area contributed by atoms with Crippen LogP contribution in [0.25, 0.3) is 0 Å². The van der Waals surface area contributed by atoms with Crippen molar-refractivity contribution in [1.29, 1.82) is 0 Å². The van der Waals surface area contributed by atoms with Crippen molar-refractivity contribution in [3.8, 4) is 0 Å². The van der Waals surface area contributed by atoms with Gasteiger partial charge in [0.05, 0.1) is 16.6 Å². The first-order valence-corrected chi connectivity index (χ1v) is 12.0. The summed E-state index contributed by atoms with van der Waals surface area (Å²) in [5.74, 6) is -0.772. The van der Waals surface area contributed by atoms with Crippen molar-refractivity contribution >= 4 is 18.2 Å². The molecule has 0 aromatic rings. The molecule has 2 N–H and O–H groups in total. The quantitative estimate of drug-likeness (QED) is 0.506. The first kappa shape index (κ1) is 22.1. The SMILES string of the molecule is CC(=O)O[C@@H]1CC[C@]2(C=O)[C@H]3CC[C@]4(C)[C@H](C5=CC(=O)OC5)CC[C@]4(O)[C@@H]3CC[C@]2(O)C1. The highest BCUT2D eigenvalue weighted by Gasteiger charge is 2.71. The third-order valence-electron chi connectivity index (χ3n) is 10.2. The van der Waals surface area contributed by atoms with E-state index >= 15 is 0 Å². The number of hydrogen-bond donors (Lipinski definition) is 2. The number of aldehydes is 1. The molecule has 5 aliphatic rings. The van der Waals surface area contributed by atoms with Crippen LogP contribution >= 0.6 is 0 Å². The van der Waals surface area contributed by atoms with Gasteiger partial charge in [0.15, 0.2) is 0 Å². The topological polar surface area (TPSA) is 110 Å². The van der Waals surface area contributed by atoms with Crippen LogP contribution in [-0.4, -0.2) is 52.4 Å². The summed E-state index contributed by atoms with van der Waals surface area (Å²) in [6.07, 6.45) is 7.44. The minimum Gasteiger partial charge on any atom is -0.462 e. The normalized spacial score (nSPS) is 49.9. The maximum Gasteiger partial charge on any atom is 0.331 e. The molecule has 1 aliphatic heterocycles. The molecule has 4 saturated carbocycles. The van der Waals surface area contributed by atoms with Crippen LogP contribution < -0.4 is 0 Å². The summed E-state index contributed by atoms with van der Waals surface area (Å²) in [6.45, 7) is 3.81. The van der Waals surface area contributed by atoms with Crippen molar-refractivity contribution in [3.05, 3.63) is 11.6 Å². The Balaban J connectivity index is 1.46. The maximum atomic E-state index is 12.7. The van der Waals surface area contributed by atoms with Crippen molar-refractivity contribution in [2.24, 2.45) is 28.6 Å². The summed E-state index contributed by atoms with van der Waals surface area (Å²) in [4.78, 5) is 35.8. The zero-order valence-electron chi connectivity index (χ0n) is 19.0. The van der Waals surface area contributed by atoms with E-state index < -0.39 is 16.6 Å². The Hall–Kier alpha value is -1.73. The molecule has 0 aromatic carbocycles. The number of carbonyl (C=O) groups excluding carboxylic acids is 3. The molecule has 0 radical (unpaired) electrons. The van der Waals surface area contributed by atoms with Crippen LogP contribution in [0.5, 0.6) is 0 Å². The van der Waals surface area contributed by atoms with Gasteiger partial charge < -0.3 is 24.5 Å². The van der Waals surface area contributed by atoms with Crippen molar-refractivity contribution < 1.29 is 34.1 Å². The summed E-state index contributed by atoms with van der Waals surface area (Å²) < 4.78 is 10.6. The number of ether oxygens (including phenoxy) is 2. The van der Waals surface area contributed by atoms with Gasteiger partial charge in [-0.2, -0.15) is 0 Å². The Labute approximate surface area is 188 Å². The molecule has 0 spiro atoms. The van der Waals surface area contributed by atoms with Crippen molar-refractivity contribution in [3.63, 3.8) is 0 Å². The Kier molecular flexibility index (Phi) is 4.92. The second kappa shape index (κ2) is 7.13. The van der Waals surface area contributed by atoms with Crippen LogP contribution in [0.3, 0.4) is 0 Å². The van der Waals surface area contributed by atoms with Gasteiger partial charge in [0.1, 0.15) is 19.0 Å². The summed E-state index contributed by atoms with van der Waals surface area (Å²) in [5.41, 5.74) is -2.50. The van der Waals surface area contributed by atoms with E-state index in [1.807, 2.05) is 0 Å². The molecular weight excluding hydrogens is 412 g/mol. The number of fused-ring (bicyclic) bond motifs is 5. The second-order valence-electron chi connectivity index (χ2n) is 11.2. The molecule has 7 heteroatoms. The first-order valence-electron chi connectivity index (χ1n) is 12.0. The molecule has 1 heterocycles. The summed E-state index contributed by atoms with van der Waals surface area (Å²) in [7, 11) is 0. The lowest BCUT2D eigenvalue weighted by Gasteiger charge is -2.65. The molecule has 0 unspecified atom stereocenters. The van der Waals surface area contributed by atoms with Crippen LogP contribution in [0.15, 0.2) is 11.6 Å². The van der Waals surface area contributed by atoms with Gasteiger partial charge in [0, 0.05) is 24.8 Å². The summed E-state index contributed by atoms with van der Waals surface area (Å²) >= 11 is 0. The number of hydrogen-bond acceptors (Lipinski definition) is 7. The Morgan fingerprint density at radius 2 is 1.88 bits per heavy atom. The van der Waals surface area contributed by atoms with Gasteiger partial charge in [-0.3, -0.25) is 4.79 Å². The Morgan fingerprint density at radius 1 is 1.12 bits per heavy atom. The summed E-state index contributed by atoms with van der Waals surface area (Å²) in [5, 5.41) is 23.9. The van der Waals surface area contributed by atoms with Crippen LogP contribution in [0, 0.1) is 28.6 Å². The van der Waals surface area contributed by atoms with E-state index in [0.29, 0.717) is 38.7 Å². The zero-order chi connectivity index (χ0) is 22.9. The minimum atomic E-state index is -1.22. The zero-order valence-corrected chi connectivity index (χ0v) is 19.0. The molecule has 4 aliphatic carbocycles. The smallest absolute Gasteiger partial charge is 0.331 e. The Morgan fingerprint density at radius 3 is 2.53 bits per heavy atom. The lowest BCUT2D eigenvalue weighted by atomic mass is 9.41. The van der Waals surface area contributed by atoms with E-state index in [1.165, 1.54) is 6.92 Å². The molecule has 176 valence electrons. The van der Waals surface area contributed by atoms with Crippen molar-refractivity contribution in [1.82, 2.24) is 0 Å². The van der Waals surface area contributed by atoms with E-state index in [0.717, 1.165) is 31.1 Å². The van der Waals surface area contributed by atoms with E-state index in [-0.39, 0.29) is 47.6 Å². The van der Waals surface area contributed by atoms with Gasteiger partial charge in [-0.05, 0) is 74.7 Å². The van der Waals surface area contributed by atoms with Crippen LogP contribution in [0.2, 0.25) is 0 Å². The van der Waals surface area contributed by atoms with E-state index in [2.05, 4.69) is 6.92 Å². The number of esters is 2. The summed E-state index contributed by atoms with van der Waals surface area (Å²) in [6, 6.07) is 0. The third-order valence-corrected chi connectivity index (χ3v) is 10.2. The predicted molar refractivity (Wildman–Crippen MR) is 113 cm³/mol. The third kappa shape index (κ3) is 2.76. The van der Waals surface area contributed by atoms with Crippen LogP contribution in [0.4, 0.5) is 0 Å². The number of rotatable bonds is 3. The second-order valence-corrected chi connectivity index (χ2v) is 11.2. The van der Waals surface area contributed by atoms with Crippen molar-refractivity contribution in [2.45, 2.75) is 88.9 Å². The molecule has 32 heavy (non-hydrogen) atoms. The van der Waals surface area contributed by atoms with E-state index in [4.69, 9.17) is 9.47 Å². The fourth-order valence-corrected chi connectivity index (χ4v) is 8.65. The number of carbonyl (C=O) groups is 3. The van der Waals surface area contributed by atoms with Gasteiger partial charge in [-0.15, -0.1) is 0 Å². The molecular formula is C25H34O7. The molecule has 4 fully saturated rings.